The number of benzene rings is 1. The van der Waals surface area contributed by atoms with Gasteiger partial charge in [0, 0.05) is 0 Å². The van der Waals surface area contributed by atoms with Crippen LogP contribution in [-0.2, 0) is 6.42 Å². The highest BCUT2D eigenvalue weighted by atomic mass is 16.5. The largest absolute Gasteiger partial charge is 0.497 e. The predicted octanol–water partition coefficient (Wildman–Crippen LogP) is 6.00. The molecule has 0 aliphatic heterocycles. The summed E-state index contributed by atoms with van der Waals surface area (Å²) in [5.74, 6) is 2.53. The van der Waals surface area contributed by atoms with E-state index in [-0.39, 0.29) is 5.41 Å². The minimum atomic E-state index is -0.890. The molecule has 1 aromatic carbocycles. The average molecular weight is 415 g/mol. The summed E-state index contributed by atoms with van der Waals surface area (Å²) in [6, 6.07) is 6.60. The average Bonchev–Trinajstić information content (AvgIpc) is 2.96. The lowest BCUT2D eigenvalue weighted by Crippen LogP contribution is -2.47. The lowest BCUT2D eigenvalue weighted by Gasteiger charge is -2.50. The second kappa shape index (κ2) is 8.82. The van der Waals surface area contributed by atoms with Crippen LogP contribution in [-0.4, -0.2) is 29.0 Å². The highest BCUT2D eigenvalue weighted by molar-refractivity contribution is 5.41. The van der Waals surface area contributed by atoms with Crippen molar-refractivity contribution in [1.82, 2.24) is 0 Å². The van der Waals surface area contributed by atoms with Crippen molar-refractivity contribution in [3.63, 3.8) is 0 Å². The Morgan fingerprint density at radius 2 is 1.87 bits per heavy atom. The Kier molecular flexibility index (Phi) is 6.51. The number of methoxy groups -OCH3 is 1. The molecule has 6 atom stereocenters. The van der Waals surface area contributed by atoms with Gasteiger partial charge in [0.2, 0.25) is 0 Å². The van der Waals surface area contributed by atoms with Crippen molar-refractivity contribution in [1.29, 1.82) is 0 Å². The van der Waals surface area contributed by atoms with Crippen LogP contribution in [0.15, 0.2) is 18.2 Å². The van der Waals surface area contributed by atoms with Crippen LogP contribution in [0.5, 0.6) is 5.75 Å². The number of rotatable bonds is 8. The van der Waals surface area contributed by atoms with Crippen LogP contribution in [0.1, 0.15) is 102 Å². The SMILES string of the molecule is CCCCCCCC[C@@]1(O)C[C@H]2[C@@H]3CCc4cc(OC)ccc4[C@@H]3CC[C@]2(C)[C@@H]1O. The maximum atomic E-state index is 11.5. The molecular weight excluding hydrogens is 372 g/mol. The van der Waals surface area contributed by atoms with Gasteiger partial charge in [-0.1, -0.05) is 58.4 Å². The minimum Gasteiger partial charge on any atom is -0.497 e. The van der Waals surface area contributed by atoms with Gasteiger partial charge in [0.05, 0.1) is 18.8 Å². The van der Waals surface area contributed by atoms with E-state index in [2.05, 4.69) is 32.0 Å². The summed E-state index contributed by atoms with van der Waals surface area (Å²) < 4.78 is 5.45. The molecule has 0 saturated heterocycles. The van der Waals surface area contributed by atoms with Gasteiger partial charge in [0.25, 0.3) is 0 Å². The first kappa shape index (κ1) is 22.1. The van der Waals surface area contributed by atoms with Crippen molar-refractivity contribution >= 4 is 0 Å². The number of fused-ring (bicyclic) bond motifs is 5. The molecule has 3 aliphatic carbocycles. The monoisotopic (exact) mass is 414 g/mol. The van der Waals surface area contributed by atoms with Crippen molar-refractivity contribution in [2.45, 2.75) is 109 Å². The van der Waals surface area contributed by atoms with Crippen molar-refractivity contribution in [2.24, 2.45) is 17.3 Å². The molecular formula is C27H42O3. The molecule has 4 rings (SSSR count). The molecule has 0 aromatic heterocycles. The Morgan fingerprint density at radius 3 is 2.63 bits per heavy atom. The number of aryl methyl sites for hydroxylation is 1. The first-order valence-corrected chi connectivity index (χ1v) is 12.5. The fraction of sp³-hybridized carbons (Fsp3) is 0.778. The third kappa shape index (κ3) is 3.81. The van der Waals surface area contributed by atoms with Crippen LogP contribution in [0, 0.1) is 17.3 Å². The first-order valence-electron chi connectivity index (χ1n) is 12.5. The number of hydrogen-bond donors (Lipinski definition) is 2. The Balaban J connectivity index is 1.47. The molecule has 0 bridgehead atoms. The number of unbranched alkanes of at least 4 members (excludes halogenated alkanes) is 5. The third-order valence-electron chi connectivity index (χ3n) is 9.04. The van der Waals surface area contributed by atoms with E-state index in [0.717, 1.165) is 44.3 Å². The second-order valence-corrected chi connectivity index (χ2v) is 10.8. The highest BCUT2D eigenvalue weighted by Crippen LogP contribution is 2.63. The molecule has 30 heavy (non-hydrogen) atoms. The topological polar surface area (TPSA) is 49.7 Å². The Hall–Kier alpha value is -1.06. The Labute approximate surface area is 183 Å². The lowest BCUT2D eigenvalue weighted by molar-refractivity contribution is -0.104. The van der Waals surface area contributed by atoms with Gasteiger partial charge in [-0.05, 0) is 85.0 Å². The summed E-state index contributed by atoms with van der Waals surface area (Å²) in [6.45, 7) is 4.51. The van der Waals surface area contributed by atoms with E-state index in [1.165, 1.54) is 49.7 Å². The quantitative estimate of drug-likeness (QED) is 0.513. The van der Waals surface area contributed by atoms with Gasteiger partial charge in [0.1, 0.15) is 5.75 Å². The standard InChI is InChI=1S/C27H42O3/c1-4-5-6-7-8-9-15-27(29)18-24-23-12-10-19-17-20(30-3)11-13-21(19)22(23)14-16-26(24,2)25(27)28/h11,13,17,22-25,28-29H,4-10,12,14-16,18H2,1-3H3/t22-,23+,24-,25-,26-,27+/m0/s1. The molecule has 0 unspecified atom stereocenters. The zero-order valence-corrected chi connectivity index (χ0v) is 19.3. The maximum Gasteiger partial charge on any atom is 0.119 e. The van der Waals surface area contributed by atoms with Gasteiger partial charge in [-0.2, -0.15) is 0 Å². The van der Waals surface area contributed by atoms with E-state index in [1.54, 1.807) is 7.11 Å². The summed E-state index contributed by atoms with van der Waals surface area (Å²) in [5.41, 5.74) is 1.91. The third-order valence-corrected chi connectivity index (χ3v) is 9.04. The Morgan fingerprint density at radius 1 is 1.10 bits per heavy atom. The van der Waals surface area contributed by atoms with Crippen molar-refractivity contribution < 1.29 is 14.9 Å². The fourth-order valence-electron chi connectivity index (χ4n) is 7.31. The molecule has 0 heterocycles. The molecule has 3 heteroatoms. The number of aliphatic hydroxyl groups excluding tert-OH is 1. The maximum absolute atomic E-state index is 11.5. The van der Waals surface area contributed by atoms with Crippen LogP contribution in [0.25, 0.3) is 0 Å². The van der Waals surface area contributed by atoms with Crippen molar-refractivity contribution in [3.05, 3.63) is 29.3 Å². The highest BCUT2D eigenvalue weighted by Gasteiger charge is 2.63. The van der Waals surface area contributed by atoms with E-state index >= 15 is 0 Å². The number of aliphatic hydroxyl groups is 2. The van der Waals surface area contributed by atoms with Crippen LogP contribution in [0.3, 0.4) is 0 Å². The van der Waals surface area contributed by atoms with Gasteiger partial charge in [-0.3, -0.25) is 0 Å². The van der Waals surface area contributed by atoms with Gasteiger partial charge in [-0.25, -0.2) is 0 Å². The molecule has 2 fully saturated rings. The number of ether oxygens (including phenoxy) is 1. The Bertz CT molecular complexity index is 731. The molecule has 1 aromatic rings. The summed E-state index contributed by atoms with van der Waals surface area (Å²) in [4.78, 5) is 0. The van der Waals surface area contributed by atoms with Gasteiger partial charge in [0.15, 0.2) is 0 Å². The van der Waals surface area contributed by atoms with E-state index in [0.29, 0.717) is 17.8 Å². The normalized spacial score (nSPS) is 37.4. The van der Waals surface area contributed by atoms with E-state index in [1.807, 2.05) is 0 Å². The second-order valence-electron chi connectivity index (χ2n) is 10.8. The van der Waals surface area contributed by atoms with Gasteiger partial charge in [-0.15, -0.1) is 0 Å². The molecule has 3 nitrogen and oxygen atoms in total. The zero-order chi connectivity index (χ0) is 21.4. The zero-order valence-electron chi connectivity index (χ0n) is 19.3. The smallest absolute Gasteiger partial charge is 0.119 e. The summed E-state index contributed by atoms with van der Waals surface area (Å²) >= 11 is 0. The molecule has 2 N–H and O–H groups in total. The molecule has 3 aliphatic rings. The van der Waals surface area contributed by atoms with E-state index in [9.17, 15) is 10.2 Å². The van der Waals surface area contributed by atoms with Crippen LogP contribution in [0.2, 0.25) is 0 Å². The van der Waals surface area contributed by atoms with E-state index < -0.39 is 11.7 Å². The minimum absolute atomic E-state index is 0.137. The van der Waals surface area contributed by atoms with Crippen LogP contribution < -0.4 is 4.74 Å². The van der Waals surface area contributed by atoms with Crippen molar-refractivity contribution in [2.75, 3.05) is 7.11 Å². The molecule has 0 spiro atoms. The molecule has 168 valence electrons. The number of hydrogen-bond acceptors (Lipinski definition) is 3. The summed E-state index contributed by atoms with van der Waals surface area (Å²) in [5, 5.41) is 22.9. The molecule has 0 amide bonds. The summed E-state index contributed by atoms with van der Waals surface area (Å²) in [6.07, 6.45) is 12.7. The predicted molar refractivity (Wildman–Crippen MR) is 122 cm³/mol. The van der Waals surface area contributed by atoms with Gasteiger partial charge >= 0.3 is 0 Å². The van der Waals surface area contributed by atoms with Crippen molar-refractivity contribution in [3.8, 4) is 5.75 Å². The fourth-order valence-corrected chi connectivity index (χ4v) is 7.31. The summed E-state index contributed by atoms with van der Waals surface area (Å²) in [7, 11) is 1.74. The first-order chi connectivity index (χ1) is 14.4. The van der Waals surface area contributed by atoms with E-state index in [4.69, 9.17) is 4.74 Å². The lowest BCUT2D eigenvalue weighted by atomic mass is 9.55. The van der Waals surface area contributed by atoms with Crippen LogP contribution >= 0.6 is 0 Å². The molecule has 0 radical (unpaired) electrons. The molecule has 2 saturated carbocycles. The van der Waals surface area contributed by atoms with Gasteiger partial charge < -0.3 is 14.9 Å². The van der Waals surface area contributed by atoms with Crippen LogP contribution in [0.4, 0.5) is 0 Å².